The monoisotopic (exact) mass is 463 g/mol. The van der Waals surface area contributed by atoms with Gasteiger partial charge in [-0.1, -0.05) is 24.3 Å². The van der Waals surface area contributed by atoms with Crippen LogP contribution < -0.4 is 10.2 Å². The minimum Gasteiger partial charge on any atom is -0.443 e. The Hall–Kier alpha value is -3.60. The number of halogens is 3. The summed E-state index contributed by atoms with van der Waals surface area (Å²) in [5.41, 5.74) is 4.30. The number of carbonyl (C=O) groups excluding carboxylic acids is 1. The van der Waals surface area contributed by atoms with Crippen LogP contribution in [0, 0.1) is 0 Å². The molecular formula is C22H24F3N5O3. The van der Waals surface area contributed by atoms with Gasteiger partial charge in [0.2, 0.25) is 0 Å². The summed E-state index contributed by atoms with van der Waals surface area (Å²) >= 11 is 0. The number of amides is 1. The molecule has 11 heteroatoms. The lowest BCUT2D eigenvalue weighted by atomic mass is 10.1. The molecule has 176 valence electrons. The number of hydrazine groups is 1. The first-order valence-corrected chi connectivity index (χ1v) is 9.96. The largest absolute Gasteiger partial charge is 0.573 e. The van der Waals surface area contributed by atoms with Crippen LogP contribution in [-0.2, 0) is 11.3 Å². The van der Waals surface area contributed by atoms with E-state index in [0.29, 0.717) is 18.1 Å². The van der Waals surface area contributed by atoms with Crippen LogP contribution in [0.15, 0.2) is 54.9 Å². The van der Waals surface area contributed by atoms with E-state index in [4.69, 9.17) is 4.74 Å². The van der Waals surface area contributed by atoms with E-state index in [2.05, 4.69) is 20.2 Å². The van der Waals surface area contributed by atoms with Crippen LogP contribution in [0.3, 0.4) is 0 Å². The third kappa shape index (κ3) is 7.49. The van der Waals surface area contributed by atoms with E-state index in [0.717, 1.165) is 11.1 Å². The summed E-state index contributed by atoms with van der Waals surface area (Å²) in [5, 5.41) is 5.99. The van der Waals surface area contributed by atoms with Crippen molar-refractivity contribution < 1.29 is 27.4 Å². The minimum atomic E-state index is -4.74. The number of benzene rings is 2. The molecule has 0 aliphatic rings. The van der Waals surface area contributed by atoms with Crippen molar-refractivity contribution in [2.24, 2.45) is 0 Å². The Bertz CT molecular complexity index is 1070. The highest BCUT2D eigenvalue weighted by Crippen LogP contribution is 2.24. The number of alkyl halides is 3. The molecule has 8 nitrogen and oxygen atoms in total. The van der Waals surface area contributed by atoms with E-state index in [-0.39, 0.29) is 5.75 Å². The predicted octanol–water partition coefficient (Wildman–Crippen LogP) is 4.70. The zero-order valence-electron chi connectivity index (χ0n) is 18.6. The van der Waals surface area contributed by atoms with E-state index in [1.54, 1.807) is 32.8 Å². The number of hydrogen-bond donors (Lipinski definition) is 1. The highest BCUT2D eigenvalue weighted by Gasteiger charge is 2.31. The molecule has 0 saturated heterocycles. The Morgan fingerprint density at radius 2 is 1.70 bits per heavy atom. The molecule has 2 aromatic carbocycles. The van der Waals surface area contributed by atoms with Crippen molar-refractivity contribution in [1.29, 1.82) is 0 Å². The maximum Gasteiger partial charge on any atom is 0.573 e. The maximum atomic E-state index is 12.3. The van der Waals surface area contributed by atoms with Crippen LogP contribution >= 0.6 is 0 Å². The van der Waals surface area contributed by atoms with Crippen LogP contribution in [0.5, 0.6) is 5.75 Å². The Morgan fingerprint density at radius 1 is 1.06 bits per heavy atom. The molecule has 1 N–H and O–H groups in total. The fourth-order valence-electron chi connectivity index (χ4n) is 2.85. The van der Waals surface area contributed by atoms with E-state index in [9.17, 15) is 18.0 Å². The van der Waals surface area contributed by atoms with Crippen molar-refractivity contribution in [3.8, 4) is 22.8 Å². The Morgan fingerprint density at radius 3 is 2.27 bits per heavy atom. The molecule has 0 radical (unpaired) electrons. The van der Waals surface area contributed by atoms with Gasteiger partial charge >= 0.3 is 12.5 Å². The number of hydrogen-bond acceptors (Lipinski definition) is 6. The average molecular weight is 463 g/mol. The number of ether oxygens (including phenoxy) is 2. The highest BCUT2D eigenvalue weighted by molar-refractivity contribution is 5.67. The van der Waals surface area contributed by atoms with Gasteiger partial charge in [0.1, 0.15) is 17.7 Å². The second-order valence-corrected chi connectivity index (χ2v) is 8.22. The standard InChI is InChI=1S/C22H24F3N5O3/c1-21(2,3)33-20(31)28-29(4)13-15-5-7-16(8-6-15)19-26-14-30(27-19)17-9-11-18(12-10-17)32-22(23,24)25/h5-12,14H,13H2,1-4H3,(H,28,31). The average Bonchev–Trinajstić information content (AvgIpc) is 3.16. The summed E-state index contributed by atoms with van der Waals surface area (Å²) in [6, 6.07) is 12.8. The van der Waals surface area contributed by atoms with Crippen LogP contribution in [0.2, 0.25) is 0 Å². The minimum absolute atomic E-state index is 0.312. The molecule has 1 heterocycles. The van der Waals surface area contributed by atoms with Gasteiger partial charge in [0.15, 0.2) is 5.82 Å². The Kier molecular flexibility index (Phi) is 6.92. The number of nitrogens with zero attached hydrogens (tertiary/aromatic N) is 4. The molecule has 0 aliphatic carbocycles. The summed E-state index contributed by atoms with van der Waals surface area (Å²) in [7, 11) is 1.73. The third-order valence-corrected chi connectivity index (χ3v) is 4.14. The molecule has 0 atom stereocenters. The van der Waals surface area contributed by atoms with E-state index in [1.807, 2.05) is 24.3 Å². The van der Waals surface area contributed by atoms with Crippen LogP contribution in [0.25, 0.3) is 17.1 Å². The molecule has 0 spiro atoms. The maximum absolute atomic E-state index is 12.3. The number of rotatable bonds is 6. The summed E-state index contributed by atoms with van der Waals surface area (Å²) in [6.07, 6.45) is -3.80. The van der Waals surface area contributed by atoms with Gasteiger partial charge in [-0.25, -0.2) is 19.5 Å². The summed E-state index contributed by atoms with van der Waals surface area (Å²) < 4.78 is 47.4. The summed E-state index contributed by atoms with van der Waals surface area (Å²) in [4.78, 5) is 16.1. The van der Waals surface area contributed by atoms with Gasteiger partial charge in [0, 0.05) is 19.2 Å². The van der Waals surface area contributed by atoms with Crippen molar-refractivity contribution in [3.63, 3.8) is 0 Å². The molecular weight excluding hydrogens is 439 g/mol. The fraction of sp³-hybridized carbons (Fsp3) is 0.318. The lowest BCUT2D eigenvalue weighted by molar-refractivity contribution is -0.274. The van der Waals surface area contributed by atoms with Gasteiger partial charge in [-0.2, -0.15) is 0 Å². The van der Waals surface area contributed by atoms with Crippen LogP contribution in [0.1, 0.15) is 26.3 Å². The Balaban J connectivity index is 1.61. The molecule has 0 bridgehead atoms. The lowest BCUT2D eigenvalue weighted by Gasteiger charge is -2.23. The topological polar surface area (TPSA) is 81.5 Å². The first kappa shape index (κ1) is 24.1. The lowest BCUT2D eigenvalue weighted by Crippen LogP contribution is -2.42. The zero-order valence-corrected chi connectivity index (χ0v) is 18.6. The van der Waals surface area contributed by atoms with Gasteiger partial charge in [-0.05, 0) is 50.6 Å². The molecule has 33 heavy (non-hydrogen) atoms. The van der Waals surface area contributed by atoms with Crippen LogP contribution in [-0.4, -0.2) is 44.9 Å². The molecule has 1 amide bonds. The van der Waals surface area contributed by atoms with Crippen molar-refractivity contribution >= 4 is 6.09 Å². The van der Waals surface area contributed by atoms with Gasteiger partial charge in [-0.15, -0.1) is 18.3 Å². The molecule has 3 rings (SSSR count). The molecule has 3 aromatic rings. The number of carbonyl (C=O) groups is 1. The zero-order chi connectivity index (χ0) is 24.2. The molecule has 0 saturated carbocycles. The third-order valence-electron chi connectivity index (χ3n) is 4.14. The van der Waals surface area contributed by atoms with E-state index >= 15 is 0 Å². The van der Waals surface area contributed by atoms with E-state index < -0.39 is 18.1 Å². The fourth-order valence-corrected chi connectivity index (χ4v) is 2.85. The highest BCUT2D eigenvalue weighted by atomic mass is 19.4. The van der Waals surface area contributed by atoms with Crippen molar-refractivity contribution in [2.45, 2.75) is 39.3 Å². The molecule has 0 unspecified atom stereocenters. The Labute approximate surface area is 188 Å². The predicted molar refractivity (Wildman–Crippen MR) is 114 cm³/mol. The number of nitrogens with one attached hydrogen (secondary N) is 1. The van der Waals surface area contributed by atoms with Gasteiger partial charge < -0.3 is 9.47 Å². The SMILES string of the molecule is CN(Cc1ccc(-c2ncn(-c3ccc(OC(F)(F)F)cc3)n2)cc1)NC(=O)OC(C)(C)C. The summed E-state index contributed by atoms with van der Waals surface area (Å²) in [5.74, 6) is 0.144. The molecule has 0 aliphatic heterocycles. The van der Waals surface area contributed by atoms with Crippen LogP contribution in [0.4, 0.5) is 18.0 Å². The normalized spacial score (nSPS) is 12.0. The second-order valence-electron chi connectivity index (χ2n) is 8.22. The van der Waals surface area contributed by atoms with Crippen molar-refractivity contribution in [3.05, 3.63) is 60.4 Å². The quantitative estimate of drug-likeness (QED) is 0.534. The van der Waals surface area contributed by atoms with Gasteiger partial charge in [0.25, 0.3) is 0 Å². The second kappa shape index (κ2) is 9.49. The molecule has 1 aromatic heterocycles. The van der Waals surface area contributed by atoms with Gasteiger partial charge in [0.05, 0.1) is 5.69 Å². The van der Waals surface area contributed by atoms with Crippen molar-refractivity contribution in [1.82, 2.24) is 25.2 Å². The van der Waals surface area contributed by atoms with Gasteiger partial charge in [-0.3, -0.25) is 5.43 Å². The smallest absolute Gasteiger partial charge is 0.443 e. The summed E-state index contributed by atoms with van der Waals surface area (Å²) in [6.45, 7) is 5.82. The van der Waals surface area contributed by atoms with E-state index in [1.165, 1.54) is 35.3 Å². The first-order valence-electron chi connectivity index (χ1n) is 9.96. The number of aromatic nitrogens is 3. The van der Waals surface area contributed by atoms with Crippen molar-refractivity contribution in [2.75, 3.05) is 7.05 Å². The first-order chi connectivity index (χ1) is 15.4. The molecule has 0 fully saturated rings.